The highest BCUT2D eigenvalue weighted by atomic mass is 32.2. The molecule has 4 saturated carbocycles. The average Bonchev–Trinajstić information content (AvgIpc) is 2.95. The van der Waals surface area contributed by atoms with Crippen LogP contribution in [0.25, 0.3) is 11.0 Å². The molecule has 1 aromatic carbocycles. The summed E-state index contributed by atoms with van der Waals surface area (Å²) in [4.78, 5) is 17.7. The minimum atomic E-state index is 0.160. The molecule has 1 amide bonds. The van der Waals surface area contributed by atoms with E-state index < -0.39 is 0 Å². The molecule has 0 radical (unpaired) electrons. The minimum Gasteiger partial charge on any atom is -0.351 e. The SMILES string of the molecule is CSCc1nc2ccccc2n1CC(=O)NC1C2CC3CC(C2)CC1C3. The highest BCUT2D eigenvalue weighted by molar-refractivity contribution is 7.97. The first-order valence-corrected chi connectivity index (χ1v) is 11.3. The third-order valence-corrected chi connectivity index (χ3v) is 7.41. The molecule has 4 nitrogen and oxygen atoms in total. The Morgan fingerprint density at radius 3 is 2.54 bits per heavy atom. The van der Waals surface area contributed by atoms with Gasteiger partial charge in [-0.3, -0.25) is 4.79 Å². The normalized spacial score (nSPS) is 32.3. The molecule has 0 unspecified atom stereocenters. The molecule has 1 aromatic heterocycles. The van der Waals surface area contributed by atoms with Gasteiger partial charge in [-0.05, 0) is 74.2 Å². The van der Waals surface area contributed by atoms with Gasteiger partial charge in [0.1, 0.15) is 12.4 Å². The monoisotopic (exact) mass is 369 g/mol. The smallest absolute Gasteiger partial charge is 0.240 e. The van der Waals surface area contributed by atoms with Crippen molar-refractivity contribution in [1.82, 2.24) is 14.9 Å². The van der Waals surface area contributed by atoms with Crippen LogP contribution in [0.5, 0.6) is 0 Å². The lowest BCUT2D eigenvalue weighted by atomic mass is 9.54. The number of imidazole rings is 1. The maximum atomic E-state index is 12.9. The number of fused-ring (bicyclic) bond motifs is 1. The number of nitrogens with zero attached hydrogens (tertiary/aromatic N) is 2. The summed E-state index contributed by atoms with van der Waals surface area (Å²) in [6, 6.07) is 8.55. The second-order valence-corrected chi connectivity index (χ2v) is 9.43. The van der Waals surface area contributed by atoms with Crippen molar-refractivity contribution >= 4 is 28.7 Å². The number of hydrogen-bond donors (Lipinski definition) is 1. The van der Waals surface area contributed by atoms with E-state index in [1.165, 1.54) is 32.1 Å². The topological polar surface area (TPSA) is 46.9 Å². The lowest BCUT2D eigenvalue weighted by Crippen LogP contribution is -2.56. The van der Waals surface area contributed by atoms with E-state index in [4.69, 9.17) is 4.98 Å². The van der Waals surface area contributed by atoms with E-state index in [1.807, 2.05) is 18.2 Å². The van der Waals surface area contributed by atoms with Crippen LogP contribution >= 0.6 is 11.8 Å². The van der Waals surface area contributed by atoms with Crippen LogP contribution in [0.4, 0.5) is 0 Å². The summed E-state index contributed by atoms with van der Waals surface area (Å²) in [5, 5.41) is 3.44. The zero-order valence-corrected chi connectivity index (χ0v) is 16.2. The fraction of sp³-hybridized carbons (Fsp3) is 0.619. The van der Waals surface area contributed by atoms with Crippen molar-refractivity contribution in [1.29, 1.82) is 0 Å². The molecular formula is C21H27N3OS. The molecule has 26 heavy (non-hydrogen) atoms. The molecule has 4 aliphatic rings. The second kappa shape index (κ2) is 6.59. The number of rotatable bonds is 5. The molecule has 0 atom stereocenters. The Morgan fingerprint density at radius 1 is 1.15 bits per heavy atom. The number of amides is 1. The molecule has 0 spiro atoms. The van der Waals surface area contributed by atoms with E-state index >= 15 is 0 Å². The summed E-state index contributed by atoms with van der Waals surface area (Å²) in [6.45, 7) is 0.388. The first-order valence-electron chi connectivity index (χ1n) is 9.93. The van der Waals surface area contributed by atoms with Gasteiger partial charge in [0, 0.05) is 6.04 Å². The number of benzene rings is 1. The molecule has 4 fully saturated rings. The molecule has 138 valence electrons. The predicted molar refractivity (Wildman–Crippen MR) is 106 cm³/mol. The lowest BCUT2D eigenvalue weighted by molar-refractivity contribution is -0.125. The maximum absolute atomic E-state index is 12.9. The zero-order chi connectivity index (χ0) is 17.7. The van der Waals surface area contributed by atoms with E-state index in [0.29, 0.717) is 12.6 Å². The van der Waals surface area contributed by atoms with Crippen LogP contribution in [0.3, 0.4) is 0 Å². The van der Waals surface area contributed by atoms with E-state index in [-0.39, 0.29) is 5.91 Å². The van der Waals surface area contributed by atoms with Crippen molar-refractivity contribution in [3.05, 3.63) is 30.1 Å². The number of thioether (sulfide) groups is 1. The van der Waals surface area contributed by atoms with E-state index in [1.54, 1.807) is 11.8 Å². The van der Waals surface area contributed by atoms with Gasteiger partial charge in [-0.2, -0.15) is 11.8 Å². The van der Waals surface area contributed by atoms with Gasteiger partial charge in [0.15, 0.2) is 0 Å². The van der Waals surface area contributed by atoms with Crippen molar-refractivity contribution in [3.63, 3.8) is 0 Å². The van der Waals surface area contributed by atoms with Crippen molar-refractivity contribution in [2.45, 2.75) is 50.4 Å². The van der Waals surface area contributed by atoms with Crippen LogP contribution in [0.15, 0.2) is 24.3 Å². The van der Waals surface area contributed by atoms with Gasteiger partial charge in [-0.25, -0.2) is 4.98 Å². The lowest BCUT2D eigenvalue weighted by Gasteiger charge is -2.54. The van der Waals surface area contributed by atoms with Gasteiger partial charge in [-0.1, -0.05) is 12.1 Å². The third-order valence-electron chi connectivity index (χ3n) is 6.86. The fourth-order valence-electron chi connectivity index (χ4n) is 6.08. The molecule has 4 bridgehead atoms. The first-order chi connectivity index (χ1) is 12.7. The molecule has 0 saturated heterocycles. The predicted octanol–water partition coefficient (Wildman–Crippen LogP) is 3.84. The molecule has 2 aromatic rings. The van der Waals surface area contributed by atoms with E-state index in [9.17, 15) is 4.79 Å². The average molecular weight is 370 g/mol. The van der Waals surface area contributed by atoms with Crippen LogP contribution in [-0.2, 0) is 17.1 Å². The molecule has 1 N–H and O–H groups in total. The number of nitrogens with one attached hydrogen (secondary N) is 1. The number of carbonyl (C=O) groups excluding carboxylic acids is 1. The van der Waals surface area contributed by atoms with Gasteiger partial charge in [-0.15, -0.1) is 0 Å². The molecule has 1 heterocycles. The second-order valence-electron chi connectivity index (χ2n) is 8.56. The quantitative estimate of drug-likeness (QED) is 0.871. The minimum absolute atomic E-state index is 0.160. The molecular weight excluding hydrogens is 342 g/mol. The summed E-state index contributed by atoms with van der Waals surface area (Å²) < 4.78 is 2.11. The summed E-state index contributed by atoms with van der Waals surface area (Å²) in [5.41, 5.74) is 2.05. The van der Waals surface area contributed by atoms with Crippen LogP contribution in [-0.4, -0.2) is 27.8 Å². The Kier molecular flexibility index (Phi) is 4.23. The standard InChI is InChI=1S/C21H27N3OS/c1-26-12-19-22-17-4-2-3-5-18(17)24(19)11-20(25)23-21-15-7-13-6-14(9-15)10-16(21)8-13/h2-5,13-16,21H,6-12H2,1H3,(H,23,25). The van der Waals surface area contributed by atoms with Crippen LogP contribution in [0.1, 0.15) is 37.9 Å². The summed E-state index contributed by atoms with van der Waals surface area (Å²) >= 11 is 1.75. The Labute approximate surface area is 159 Å². The Bertz CT molecular complexity index is 802. The van der Waals surface area contributed by atoms with Crippen molar-refractivity contribution < 1.29 is 4.79 Å². The zero-order valence-electron chi connectivity index (χ0n) is 15.4. The van der Waals surface area contributed by atoms with Gasteiger partial charge in [0.25, 0.3) is 0 Å². The van der Waals surface area contributed by atoms with Crippen molar-refractivity contribution in [2.24, 2.45) is 23.7 Å². The fourth-order valence-corrected chi connectivity index (χ4v) is 6.56. The summed E-state index contributed by atoms with van der Waals surface area (Å²) in [6.07, 6.45) is 8.88. The summed E-state index contributed by atoms with van der Waals surface area (Å²) in [5.74, 6) is 5.32. The number of para-hydroxylation sites is 2. The Balaban J connectivity index is 1.34. The first kappa shape index (κ1) is 16.7. The Morgan fingerprint density at radius 2 is 1.85 bits per heavy atom. The molecule has 4 aliphatic carbocycles. The van der Waals surface area contributed by atoms with E-state index in [2.05, 4.69) is 22.2 Å². The molecule has 0 aliphatic heterocycles. The number of hydrogen-bond acceptors (Lipinski definition) is 3. The highest BCUT2D eigenvalue weighted by Crippen LogP contribution is 2.53. The van der Waals surface area contributed by atoms with Crippen LogP contribution in [0.2, 0.25) is 0 Å². The Hall–Kier alpha value is -1.49. The van der Waals surface area contributed by atoms with E-state index in [0.717, 1.165) is 46.3 Å². The van der Waals surface area contributed by atoms with Gasteiger partial charge in [0.05, 0.1) is 16.8 Å². The van der Waals surface area contributed by atoms with Gasteiger partial charge >= 0.3 is 0 Å². The highest BCUT2D eigenvalue weighted by Gasteiger charge is 2.48. The van der Waals surface area contributed by atoms with Gasteiger partial charge < -0.3 is 9.88 Å². The maximum Gasteiger partial charge on any atom is 0.240 e. The van der Waals surface area contributed by atoms with Crippen molar-refractivity contribution in [3.8, 4) is 0 Å². The van der Waals surface area contributed by atoms with Crippen LogP contribution in [0, 0.1) is 23.7 Å². The largest absolute Gasteiger partial charge is 0.351 e. The summed E-state index contributed by atoms with van der Waals surface area (Å²) in [7, 11) is 0. The third kappa shape index (κ3) is 2.84. The number of carbonyl (C=O) groups is 1. The van der Waals surface area contributed by atoms with Crippen molar-refractivity contribution in [2.75, 3.05) is 6.26 Å². The van der Waals surface area contributed by atoms with Gasteiger partial charge in [0.2, 0.25) is 5.91 Å². The van der Waals surface area contributed by atoms with Crippen LogP contribution < -0.4 is 5.32 Å². The molecule has 6 rings (SSSR count). The number of aromatic nitrogens is 2. The molecule has 5 heteroatoms.